The smallest absolute Gasteiger partial charge is 0.150 e. The zero-order chi connectivity index (χ0) is 10.9. The van der Waals surface area contributed by atoms with Crippen LogP contribution in [0.3, 0.4) is 0 Å². The maximum atomic E-state index is 13.3. The van der Waals surface area contributed by atoms with Gasteiger partial charge in [-0.2, -0.15) is 0 Å². The van der Waals surface area contributed by atoms with Crippen molar-refractivity contribution in [3.63, 3.8) is 0 Å². The Morgan fingerprint density at radius 2 is 2.00 bits per heavy atom. The maximum absolute atomic E-state index is 13.3. The molecule has 1 aromatic rings. The van der Waals surface area contributed by atoms with Gasteiger partial charge in [0.1, 0.15) is 5.82 Å². The number of hydrogen-bond donors (Lipinski definition) is 2. The second kappa shape index (κ2) is 4.21. The Bertz CT molecular complexity index is 344. The molecule has 5 heteroatoms. The average Bonchev–Trinajstić information content (AvgIpc) is 2.12. The second-order valence-corrected chi connectivity index (χ2v) is 3.47. The number of aliphatic hydroxyl groups excluding tert-OH is 1. The normalized spacial score (nSPS) is 15.3. The van der Waals surface area contributed by atoms with Crippen molar-refractivity contribution in [1.82, 2.24) is 0 Å². The molecule has 0 bridgehead atoms. The lowest BCUT2D eigenvalue weighted by atomic mass is 10.0. The van der Waals surface area contributed by atoms with Crippen LogP contribution in [0.15, 0.2) is 12.1 Å². The Hall–Kier alpha value is -0.710. The molecule has 2 atom stereocenters. The third kappa shape index (κ3) is 2.03. The number of benzene rings is 1. The Labute approximate surface area is 85.3 Å². The van der Waals surface area contributed by atoms with Crippen molar-refractivity contribution < 1.29 is 13.9 Å². The molecule has 0 aliphatic carbocycles. The molecular formula is C9H10ClF2NO. The van der Waals surface area contributed by atoms with Crippen molar-refractivity contribution in [3.8, 4) is 0 Å². The molecular weight excluding hydrogens is 212 g/mol. The number of aliphatic hydroxyl groups is 1. The lowest BCUT2D eigenvalue weighted by molar-refractivity contribution is 0.144. The monoisotopic (exact) mass is 221 g/mol. The largest absolute Gasteiger partial charge is 0.387 e. The van der Waals surface area contributed by atoms with Crippen LogP contribution in [-0.4, -0.2) is 11.1 Å². The van der Waals surface area contributed by atoms with Crippen molar-refractivity contribution in [2.75, 3.05) is 0 Å². The van der Waals surface area contributed by atoms with Gasteiger partial charge in [-0.05, 0) is 19.1 Å². The van der Waals surface area contributed by atoms with Gasteiger partial charge in [0.15, 0.2) is 5.82 Å². The first-order valence-corrected chi connectivity index (χ1v) is 4.40. The lowest BCUT2D eigenvalue weighted by Crippen LogP contribution is -2.26. The average molecular weight is 222 g/mol. The van der Waals surface area contributed by atoms with E-state index in [2.05, 4.69) is 0 Å². The summed E-state index contributed by atoms with van der Waals surface area (Å²) in [6.45, 7) is 1.45. The molecule has 14 heavy (non-hydrogen) atoms. The zero-order valence-electron chi connectivity index (χ0n) is 7.47. The lowest BCUT2D eigenvalue weighted by Gasteiger charge is -2.16. The minimum Gasteiger partial charge on any atom is -0.387 e. The molecule has 2 nitrogen and oxygen atoms in total. The van der Waals surface area contributed by atoms with E-state index in [1.165, 1.54) is 6.92 Å². The molecule has 0 heterocycles. The van der Waals surface area contributed by atoms with E-state index >= 15 is 0 Å². The fourth-order valence-corrected chi connectivity index (χ4v) is 1.24. The molecule has 0 saturated carbocycles. The summed E-state index contributed by atoms with van der Waals surface area (Å²) in [5.74, 6) is -1.81. The molecule has 0 aliphatic rings. The van der Waals surface area contributed by atoms with Gasteiger partial charge in [-0.15, -0.1) is 0 Å². The van der Waals surface area contributed by atoms with E-state index in [1.807, 2.05) is 0 Å². The van der Waals surface area contributed by atoms with E-state index in [0.29, 0.717) is 0 Å². The number of nitrogens with two attached hydrogens (primary N) is 1. The first-order chi connectivity index (χ1) is 6.45. The van der Waals surface area contributed by atoms with Crippen LogP contribution >= 0.6 is 11.6 Å². The predicted octanol–water partition coefficient (Wildman–Crippen LogP) is 2.00. The van der Waals surface area contributed by atoms with E-state index in [0.717, 1.165) is 12.1 Å². The molecule has 78 valence electrons. The van der Waals surface area contributed by atoms with Gasteiger partial charge in [-0.3, -0.25) is 0 Å². The molecule has 0 aliphatic heterocycles. The van der Waals surface area contributed by atoms with Crippen LogP contribution in [0, 0.1) is 11.6 Å². The molecule has 0 radical (unpaired) electrons. The van der Waals surface area contributed by atoms with Gasteiger partial charge in [0.05, 0.1) is 16.7 Å². The van der Waals surface area contributed by atoms with Crippen LogP contribution in [0.4, 0.5) is 8.78 Å². The fourth-order valence-electron chi connectivity index (χ4n) is 1.08. The number of halogens is 3. The standard InChI is InChI=1S/C9H10ClF2NO/c1-4(13)9(14)7-6(11)3-2-5(10)8(7)12/h2-4,9,14H,13H2,1H3/t4-,9-/m0/s1. The van der Waals surface area contributed by atoms with Crippen molar-refractivity contribution >= 4 is 11.6 Å². The van der Waals surface area contributed by atoms with Crippen LogP contribution < -0.4 is 5.73 Å². The van der Waals surface area contributed by atoms with Crippen molar-refractivity contribution in [3.05, 3.63) is 34.4 Å². The minimum atomic E-state index is -1.39. The van der Waals surface area contributed by atoms with Gasteiger partial charge in [0.25, 0.3) is 0 Å². The number of hydrogen-bond acceptors (Lipinski definition) is 2. The van der Waals surface area contributed by atoms with Gasteiger partial charge in [-0.1, -0.05) is 11.6 Å². The van der Waals surface area contributed by atoms with E-state index in [4.69, 9.17) is 17.3 Å². The Morgan fingerprint density at radius 1 is 1.43 bits per heavy atom. The summed E-state index contributed by atoms with van der Waals surface area (Å²) >= 11 is 5.44. The van der Waals surface area contributed by atoms with Gasteiger partial charge in [-0.25, -0.2) is 8.78 Å². The van der Waals surface area contributed by atoms with Crippen molar-refractivity contribution in [2.24, 2.45) is 5.73 Å². The highest BCUT2D eigenvalue weighted by Gasteiger charge is 2.22. The van der Waals surface area contributed by atoms with Gasteiger partial charge >= 0.3 is 0 Å². The Morgan fingerprint density at radius 3 is 2.50 bits per heavy atom. The summed E-state index contributed by atoms with van der Waals surface area (Å²) in [7, 11) is 0. The topological polar surface area (TPSA) is 46.2 Å². The van der Waals surface area contributed by atoms with E-state index in [9.17, 15) is 13.9 Å². The minimum absolute atomic E-state index is 0.235. The summed E-state index contributed by atoms with van der Waals surface area (Å²) in [4.78, 5) is 0. The Balaban J connectivity index is 3.25. The summed E-state index contributed by atoms with van der Waals surface area (Å²) < 4.78 is 26.4. The molecule has 1 aromatic carbocycles. The van der Waals surface area contributed by atoms with E-state index < -0.39 is 29.3 Å². The fraction of sp³-hybridized carbons (Fsp3) is 0.333. The molecule has 0 amide bonds. The maximum Gasteiger partial charge on any atom is 0.150 e. The summed E-state index contributed by atoms with van der Waals surface area (Å²) in [5.41, 5.74) is 4.85. The van der Waals surface area contributed by atoms with Gasteiger partial charge in [0, 0.05) is 6.04 Å². The quantitative estimate of drug-likeness (QED) is 0.751. The van der Waals surface area contributed by atoms with Crippen LogP contribution in [0.1, 0.15) is 18.6 Å². The van der Waals surface area contributed by atoms with Crippen molar-refractivity contribution in [2.45, 2.75) is 19.1 Å². The molecule has 0 fully saturated rings. The first kappa shape index (κ1) is 11.4. The van der Waals surface area contributed by atoms with Crippen molar-refractivity contribution in [1.29, 1.82) is 0 Å². The molecule has 0 spiro atoms. The van der Waals surface area contributed by atoms with E-state index in [-0.39, 0.29) is 5.02 Å². The summed E-state index contributed by atoms with van der Waals surface area (Å²) in [6.07, 6.45) is -1.39. The third-order valence-corrected chi connectivity index (χ3v) is 2.17. The molecule has 3 N–H and O–H groups in total. The highest BCUT2D eigenvalue weighted by molar-refractivity contribution is 6.30. The zero-order valence-corrected chi connectivity index (χ0v) is 8.22. The molecule has 0 unspecified atom stereocenters. The summed E-state index contributed by atoms with van der Waals surface area (Å²) in [5, 5.41) is 9.19. The third-order valence-electron chi connectivity index (χ3n) is 1.87. The molecule has 1 rings (SSSR count). The Kier molecular flexibility index (Phi) is 3.42. The number of rotatable bonds is 2. The van der Waals surface area contributed by atoms with Gasteiger partial charge in [0.2, 0.25) is 0 Å². The SMILES string of the molecule is C[C@H](N)[C@H](O)c1c(F)ccc(Cl)c1F. The second-order valence-electron chi connectivity index (χ2n) is 3.06. The van der Waals surface area contributed by atoms with Crippen LogP contribution in [-0.2, 0) is 0 Å². The van der Waals surface area contributed by atoms with E-state index in [1.54, 1.807) is 0 Å². The molecule has 0 saturated heterocycles. The highest BCUT2D eigenvalue weighted by Crippen LogP contribution is 2.27. The first-order valence-electron chi connectivity index (χ1n) is 4.02. The summed E-state index contributed by atoms with van der Waals surface area (Å²) in [6, 6.07) is 1.31. The highest BCUT2D eigenvalue weighted by atomic mass is 35.5. The van der Waals surface area contributed by atoms with Gasteiger partial charge < -0.3 is 10.8 Å². The van der Waals surface area contributed by atoms with Crippen LogP contribution in [0.2, 0.25) is 5.02 Å². The van der Waals surface area contributed by atoms with Crippen LogP contribution in [0.5, 0.6) is 0 Å². The van der Waals surface area contributed by atoms with Crippen LogP contribution in [0.25, 0.3) is 0 Å². The predicted molar refractivity (Wildman–Crippen MR) is 50.0 cm³/mol. The molecule has 0 aromatic heterocycles.